The van der Waals surface area contributed by atoms with E-state index in [0.29, 0.717) is 0 Å². The molecule has 0 nitrogen and oxygen atoms in total. The molecule has 2 aromatic carbocycles. The van der Waals surface area contributed by atoms with Gasteiger partial charge < -0.3 is 0 Å². The van der Waals surface area contributed by atoms with E-state index in [1.165, 1.54) is 9.79 Å². The van der Waals surface area contributed by atoms with Crippen LogP contribution < -0.4 is 0 Å². The Bertz CT molecular complexity index is 406. The van der Waals surface area contributed by atoms with Crippen LogP contribution in [-0.2, 0) is 0 Å². The molecule has 82 valence electrons. The van der Waals surface area contributed by atoms with Gasteiger partial charge in [-0.15, -0.1) is 0 Å². The first-order valence-electron chi connectivity index (χ1n) is 4.61. The van der Waals surface area contributed by atoms with E-state index in [-0.39, 0.29) is 0 Å². The Morgan fingerprint density at radius 2 is 1.19 bits per heavy atom. The Kier molecular flexibility index (Phi) is 4.47. The highest BCUT2D eigenvalue weighted by atomic mass is 35.5. The normalized spacial score (nSPS) is 10.4. The molecule has 0 saturated heterocycles. The summed E-state index contributed by atoms with van der Waals surface area (Å²) in [6.07, 6.45) is 0. The lowest BCUT2D eigenvalue weighted by Crippen LogP contribution is -1.71. The van der Waals surface area contributed by atoms with Crippen molar-refractivity contribution in [2.45, 2.75) is 9.79 Å². The van der Waals surface area contributed by atoms with Crippen LogP contribution in [0.4, 0.5) is 0 Å². The van der Waals surface area contributed by atoms with Gasteiger partial charge in [-0.3, -0.25) is 0 Å². The lowest BCUT2D eigenvalue weighted by atomic mass is 10.4. The third-order valence-electron chi connectivity index (χ3n) is 1.87. The Morgan fingerprint density at radius 1 is 0.750 bits per heavy atom. The van der Waals surface area contributed by atoms with E-state index in [9.17, 15) is 0 Å². The maximum Gasteiger partial charge on any atom is 0.225 e. The van der Waals surface area contributed by atoms with E-state index < -0.39 is 0 Å². The first kappa shape index (κ1) is 12.2. The van der Waals surface area contributed by atoms with Gasteiger partial charge in [0, 0.05) is 26.9 Å². The first-order chi connectivity index (χ1) is 7.74. The minimum atomic E-state index is 0.768. The third kappa shape index (κ3) is 3.63. The Hall–Kier alpha value is -0.280. The molecule has 0 saturated carbocycles. The van der Waals surface area contributed by atoms with Crippen LogP contribution in [-0.4, -0.2) is 0 Å². The molecule has 4 heteroatoms. The van der Waals surface area contributed by atoms with E-state index in [1.54, 1.807) is 21.6 Å². The molecule has 0 spiro atoms. The highest BCUT2D eigenvalue weighted by Gasteiger charge is 1.99. The molecule has 0 aliphatic heterocycles. The average Bonchev–Trinajstić information content (AvgIpc) is 2.30. The van der Waals surface area contributed by atoms with E-state index in [2.05, 4.69) is 0 Å². The van der Waals surface area contributed by atoms with Crippen LogP contribution in [0.2, 0.25) is 10.0 Å². The zero-order valence-electron chi connectivity index (χ0n) is 8.22. The molecule has 0 atom stereocenters. The average molecular weight is 288 g/mol. The Balaban J connectivity index is 1.97. The topological polar surface area (TPSA) is 0 Å². The van der Waals surface area contributed by atoms with Gasteiger partial charge in [0.05, 0.1) is 0 Å². The van der Waals surface area contributed by atoms with Gasteiger partial charge >= 0.3 is 0 Å². The Morgan fingerprint density at radius 3 is 1.69 bits per heavy atom. The molecule has 2 aromatic rings. The van der Waals surface area contributed by atoms with Crippen molar-refractivity contribution in [1.29, 1.82) is 0 Å². The zero-order valence-corrected chi connectivity index (χ0v) is 11.4. The molecule has 0 aliphatic rings. The van der Waals surface area contributed by atoms with E-state index >= 15 is 0 Å². The number of benzene rings is 2. The second-order valence-corrected chi connectivity index (χ2v) is 6.28. The number of hydrogen-bond donors (Lipinski definition) is 0. The molecule has 16 heavy (non-hydrogen) atoms. The number of hydrogen-bond acceptors (Lipinski definition) is 2. The molecule has 0 amide bonds. The van der Waals surface area contributed by atoms with Crippen LogP contribution in [0.15, 0.2) is 58.3 Å². The van der Waals surface area contributed by atoms with Gasteiger partial charge in [-0.1, -0.05) is 33.2 Å². The predicted octanol–water partition coefficient (Wildman–Crippen LogP) is 4.84. The second kappa shape index (κ2) is 5.87. The lowest BCUT2D eigenvalue weighted by molar-refractivity contribution is -0.288. The molecule has 0 aliphatic carbocycles. The standard InChI is InChI=1S/C12H9Cl2S2/c13-9-1-5-11(6-2-9)15-16-12-7-3-10(14)4-8-12/h1-8,13H/q+1. The van der Waals surface area contributed by atoms with Crippen molar-refractivity contribution in [3.63, 3.8) is 0 Å². The van der Waals surface area contributed by atoms with Crippen LogP contribution in [0.5, 0.6) is 0 Å². The summed E-state index contributed by atoms with van der Waals surface area (Å²) in [6, 6.07) is 15.8. The summed E-state index contributed by atoms with van der Waals surface area (Å²) in [4.78, 5) is 2.39. The highest BCUT2D eigenvalue weighted by Crippen LogP contribution is 2.37. The molecule has 0 aromatic heterocycles. The fourth-order valence-corrected chi connectivity index (χ4v) is 3.27. The molecule has 0 bridgehead atoms. The molecular weight excluding hydrogens is 279 g/mol. The van der Waals surface area contributed by atoms with E-state index in [4.69, 9.17) is 23.2 Å². The van der Waals surface area contributed by atoms with E-state index in [1.807, 2.05) is 48.5 Å². The van der Waals surface area contributed by atoms with Crippen LogP contribution in [0.3, 0.4) is 0 Å². The predicted molar refractivity (Wildman–Crippen MR) is 70.2 cm³/mol. The van der Waals surface area contributed by atoms with Crippen molar-refractivity contribution < 1.29 is 11.6 Å². The maximum atomic E-state index is 5.82. The monoisotopic (exact) mass is 287 g/mol. The molecule has 0 heterocycles. The molecule has 2 rings (SSSR count). The van der Waals surface area contributed by atoms with Crippen molar-refractivity contribution >= 4 is 33.2 Å². The molecule has 0 N–H and O–H groups in total. The van der Waals surface area contributed by atoms with Crippen LogP contribution in [0.1, 0.15) is 0 Å². The maximum absolute atomic E-state index is 5.82. The van der Waals surface area contributed by atoms with Gasteiger partial charge in [-0.2, -0.15) is 0 Å². The summed E-state index contributed by atoms with van der Waals surface area (Å²) in [7, 11) is 3.43. The summed E-state index contributed by atoms with van der Waals surface area (Å²) in [5.41, 5.74) is 0. The molecule has 0 unspecified atom stereocenters. The van der Waals surface area contributed by atoms with Gasteiger partial charge in [0.2, 0.25) is 5.02 Å². The van der Waals surface area contributed by atoms with Crippen molar-refractivity contribution in [2.24, 2.45) is 0 Å². The lowest BCUT2D eigenvalue weighted by Gasteiger charge is -2.00. The molecule has 0 radical (unpaired) electrons. The minimum Gasteiger partial charge on any atom is -0.0843 e. The quantitative estimate of drug-likeness (QED) is 0.741. The SMILES string of the molecule is Clc1ccc(SSc2ccc([ClH+])cc2)cc1. The first-order valence-corrected chi connectivity index (χ1v) is 7.55. The van der Waals surface area contributed by atoms with Gasteiger partial charge in [-0.25, -0.2) is 0 Å². The number of halogens is 2. The fourth-order valence-electron chi connectivity index (χ4n) is 1.08. The van der Waals surface area contributed by atoms with Crippen LogP contribution in [0, 0.1) is 11.6 Å². The summed E-state index contributed by atoms with van der Waals surface area (Å²) >= 11 is 10.9. The third-order valence-corrected chi connectivity index (χ3v) is 4.81. The van der Waals surface area contributed by atoms with Crippen LogP contribution in [0.25, 0.3) is 0 Å². The van der Waals surface area contributed by atoms with Crippen molar-refractivity contribution in [3.8, 4) is 0 Å². The van der Waals surface area contributed by atoms with Gasteiger partial charge in [0.15, 0.2) is 11.6 Å². The van der Waals surface area contributed by atoms with Crippen molar-refractivity contribution in [2.75, 3.05) is 0 Å². The van der Waals surface area contributed by atoms with Gasteiger partial charge in [-0.05, 0) is 36.4 Å². The Labute approximate surface area is 113 Å². The molecular formula is C12H9Cl2S2+. The van der Waals surface area contributed by atoms with Crippen molar-refractivity contribution in [1.82, 2.24) is 0 Å². The summed E-state index contributed by atoms with van der Waals surface area (Å²) in [5, 5.41) is 1.64. The van der Waals surface area contributed by atoms with E-state index in [0.717, 1.165) is 10.0 Å². The van der Waals surface area contributed by atoms with Gasteiger partial charge in [0.1, 0.15) is 0 Å². The molecule has 0 fully saturated rings. The summed E-state index contributed by atoms with van der Waals surface area (Å²) in [6.45, 7) is 0. The van der Waals surface area contributed by atoms with Gasteiger partial charge in [0.25, 0.3) is 0 Å². The zero-order chi connectivity index (χ0) is 11.4. The fraction of sp³-hybridized carbons (Fsp3) is 0. The second-order valence-electron chi connectivity index (χ2n) is 3.09. The highest BCUT2D eigenvalue weighted by molar-refractivity contribution is 8.76. The van der Waals surface area contributed by atoms with Crippen molar-refractivity contribution in [3.05, 3.63) is 58.6 Å². The van der Waals surface area contributed by atoms with Crippen LogP contribution >= 0.6 is 33.2 Å². The minimum absolute atomic E-state index is 0.768. The summed E-state index contributed by atoms with van der Waals surface area (Å²) < 4.78 is 0. The number of rotatable bonds is 3. The smallest absolute Gasteiger partial charge is 0.0843 e. The summed E-state index contributed by atoms with van der Waals surface area (Å²) in [5.74, 6) is 0. The largest absolute Gasteiger partial charge is 0.225 e.